The lowest BCUT2D eigenvalue weighted by atomic mass is 10.1. The van der Waals surface area contributed by atoms with Gasteiger partial charge in [-0.25, -0.2) is 4.79 Å². The Labute approximate surface area is 407 Å². The van der Waals surface area contributed by atoms with Crippen LogP contribution in [0.15, 0.2) is 4.99 Å². The molecule has 69 heavy (non-hydrogen) atoms. The van der Waals surface area contributed by atoms with Gasteiger partial charge in [-0.05, 0) is 67.2 Å². The number of carboxylic acid groups (broad SMARTS) is 1. The Kier molecular flexibility index (Phi) is 40.6. The number of amides is 6. The molecule has 0 radical (unpaired) electrons. The molecule has 0 aliphatic rings. The Bertz CT molecular complexity index is 1440. The monoisotopic (exact) mass is 994 g/mol. The van der Waals surface area contributed by atoms with E-state index in [0.29, 0.717) is 151 Å². The van der Waals surface area contributed by atoms with Gasteiger partial charge in [-0.2, -0.15) is 4.99 Å². The number of nitrogens with one attached hydrogen (secondary N) is 6. The Morgan fingerprint density at radius 1 is 0.464 bits per heavy atom. The normalized spacial score (nSPS) is 12.7. The first-order valence-electron chi connectivity index (χ1n) is 23.8. The van der Waals surface area contributed by atoms with Crippen molar-refractivity contribution < 1.29 is 81.3 Å². The Balaban J connectivity index is 3.42. The largest absolute Gasteiger partial charge is 0.480 e. The highest BCUT2D eigenvalue weighted by atomic mass is 16.6. The second kappa shape index (κ2) is 43.5. The molecule has 0 saturated heterocycles. The lowest BCUT2D eigenvalue weighted by Crippen LogP contribution is -2.53. The van der Waals surface area contributed by atoms with Crippen LogP contribution in [-0.4, -0.2) is 202 Å². The van der Waals surface area contributed by atoms with Crippen LogP contribution in [0.4, 0.5) is 4.79 Å². The molecule has 0 aromatic carbocycles. The molecule has 0 heterocycles. The van der Waals surface area contributed by atoms with Gasteiger partial charge in [0.2, 0.25) is 29.5 Å². The minimum absolute atomic E-state index is 0.0427. The summed E-state index contributed by atoms with van der Waals surface area (Å²) in [5, 5.41) is 24.7. The van der Waals surface area contributed by atoms with E-state index in [0.717, 1.165) is 6.42 Å². The van der Waals surface area contributed by atoms with Gasteiger partial charge in [0.15, 0.2) is 0 Å². The van der Waals surface area contributed by atoms with Crippen LogP contribution >= 0.6 is 0 Å². The molecule has 0 aliphatic carbocycles. The van der Waals surface area contributed by atoms with Gasteiger partial charge in [0, 0.05) is 38.9 Å². The number of nitrogens with zero attached hydrogens (tertiary/aromatic N) is 1. The zero-order chi connectivity index (χ0) is 51.4. The van der Waals surface area contributed by atoms with Crippen LogP contribution < -0.4 is 31.9 Å². The molecule has 0 aromatic rings. The van der Waals surface area contributed by atoms with Crippen LogP contribution in [0, 0.1) is 0 Å². The standard InChI is InChI=1S/C45H83N7O17/c1-35(41(56)51-36(2)42(57)52-37(3)43(58)59)50-40(55)13-8-7-10-16-47-39(54)14-18-61-20-22-63-24-26-65-28-30-67-32-33-68-31-29-66-27-25-64-23-21-62-19-17-48-38(53)12-9-11-15-46-34-49-44(60)69-45(4,5)6/h34-37H,7-33H2,1-6H3,(H,47,54)(H,48,53)(H,50,55)(H,51,56)(H,52,57)(H,58,59)(H,46,49,60)/t35-,36-,37-/m0/s1. The van der Waals surface area contributed by atoms with Crippen molar-refractivity contribution in [1.29, 1.82) is 0 Å². The summed E-state index contributed by atoms with van der Waals surface area (Å²) in [5.41, 5.74) is -0.585. The van der Waals surface area contributed by atoms with E-state index in [-0.39, 0.29) is 37.2 Å². The fourth-order valence-electron chi connectivity index (χ4n) is 5.21. The Morgan fingerprint density at radius 3 is 1.35 bits per heavy atom. The van der Waals surface area contributed by atoms with Crippen LogP contribution in [0.25, 0.3) is 0 Å². The molecule has 7 N–H and O–H groups in total. The lowest BCUT2D eigenvalue weighted by molar-refractivity contribution is -0.141. The zero-order valence-electron chi connectivity index (χ0n) is 41.8. The summed E-state index contributed by atoms with van der Waals surface area (Å²) < 4.78 is 48.9. The second-order valence-electron chi connectivity index (χ2n) is 16.4. The maximum atomic E-state index is 12.3. The van der Waals surface area contributed by atoms with Gasteiger partial charge in [0.05, 0.1) is 112 Å². The van der Waals surface area contributed by atoms with Gasteiger partial charge in [0.25, 0.3) is 0 Å². The van der Waals surface area contributed by atoms with Crippen LogP contribution in [-0.2, 0) is 71.4 Å². The fourth-order valence-corrected chi connectivity index (χ4v) is 5.21. The molecule has 400 valence electrons. The van der Waals surface area contributed by atoms with Crippen molar-refractivity contribution in [2.24, 2.45) is 4.99 Å². The molecule has 0 aliphatic heterocycles. The predicted molar refractivity (Wildman–Crippen MR) is 253 cm³/mol. The molecular formula is C45H83N7O17. The van der Waals surface area contributed by atoms with E-state index in [1.54, 1.807) is 20.8 Å². The zero-order valence-corrected chi connectivity index (χ0v) is 41.8. The van der Waals surface area contributed by atoms with Gasteiger partial charge < -0.3 is 79.6 Å². The van der Waals surface area contributed by atoms with E-state index in [4.69, 9.17) is 47.7 Å². The highest BCUT2D eigenvalue weighted by molar-refractivity contribution is 5.92. The molecule has 0 bridgehead atoms. The number of rotatable bonds is 45. The van der Waals surface area contributed by atoms with Crippen molar-refractivity contribution in [2.75, 3.05) is 125 Å². The molecule has 24 heteroatoms. The highest BCUT2D eigenvalue weighted by Gasteiger charge is 2.23. The summed E-state index contributed by atoms with van der Waals surface area (Å²) in [4.78, 5) is 86.5. The number of ether oxygens (including phenoxy) is 9. The van der Waals surface area contributed by atoms with Gasteiger partial charge in [-0.3, -0.25) is 28.8 Å². The number of carbonyl (C=O) groups is 7. The molecule has 0 saturated carbocycles. The number of carbonyl (C=O) groups excluding carboxylic acids is 6. The number of carboxylic acids is 1. The van der Waals surface area contributed by atoms with Gasteiger partial charge in [-0.15, -0.1) is 0 Å². The van der Waals surface area contributed by atoms with Crippen LogP contribution in [0.2, 0.25) is 0 Å². The third-order valence-corrected chi connectivity index (χ3v) is 8.93. The third-order valence-electron chi connectivity index (χ3n) is 8.93. The first-order chi connectivity index (χ1) is 33.0. The van der Waals surface area contributed by atoms with Gasteiger partial charge in [-0.1, -0.05) is 6.42 Å². The summed E-state index contributed by atoms with van der Waals surface area (Å²) >= 11 is 0. The van der Waals surface area contributed by atoms with Crippen LogP contribution in [0.5, 0.6) is 0 Å². The minimum atomic E-state index is -1.20. The number of aliphatic carboxylic acids is 1. The van der Waals surface area contributed by atoms with Crippen molar-refractivity contribution in [3.05, 3.63) is 0 Å². The fraction of sp³-hybridized carbons (Fsp3) is 0.822. The van der Waals surface area contributed by atoms with E-state index in [1.165, 1.54) is 27.1 Å². The van der Waals surface area contributed by atoms with E-state index in [9.17, 15) is 33.6 Å². The van der Waals surface area contributed by atoms with Crippen molar-refractivity contribution >= 4 is 47.9 Å². The van der Waals surface area contributed by atoms with Crippen LogP contribution in [0.3, 0.4) is 0 Å². The average Bonchev–Trinajstić information content (AvgIpc) is 3.28. The molecule has 6 amide bonds. The Morgan fingerprint density at radius 2 is 0.855 bits per heavy atom. The topological polar surface area (TPSA) is 307 Å². The summed E-state index contributed by atoms with van der Waals surface area (Å²) in [6.45, 7) is 17.5. The quantitative estimate of drug-likeness (QED) is 0.0250. The van der Waals surface area contributed by atoms with E-state index >= 15 is 0 Å². The Hall–Kier alpha value is -4.56. The molecule has 0 rings (SSSR count). The molecule has 0 unspecified atom stereocenters. The molecule has 3 atom stereocenters. The summed E-state index contributed by atoms with van der Waals surface area (Å²) in [6, 6.07) is -2.97. The van der Waals surface area contributed by atoms with E-state index < -0.39 is 47.6 Å². The van der Waals surface area contributed by atoms with Crippen molar-refractivity contribution in [1.82, 2.24) is 31.9 Å². The molecule has 0 spiro atoms. The van der Waals surface area contributed by atoms with Crippen molar-refractivity contribution in [3.8, 4) is 0 Å². The molecular weight excluding hydrogens is 911 g/mol. The van der Waals surface area contributed by atoms with Gasteiger partial charge in [0.1, 0.15) is 23.7 Å². The molecule has 0 fully saturated rings. The van der Waals surface area contributed by atoms with E-state index in [2.05, 4.69) is 36.9 Å². The number of unbranched alkanes of at least 4 members (excludes halogenated alkanes) is 3. The van der Waals surface area contributed by atoms with Crippen LogP contribution in [0.1, 0.15) is 92.9 Å². The first-order valence-corrected chi connectivity index (χ1v) is 23.8. The van der Waals surface area contributed by atoms with Gasteiger partial charge >= 0.3 is 12.1 Å². The smallest absolute Gasteiger partial charge is 0.435 e. The second-order valence-corrected chi connectivity index (χ2v) is 16.4. The summed E-state index contributed by atoms with van der Waals surface area (Å²) in [6.07, 6.45) is 4.86. The summed E-state index contributed by atoms with van der Waals surface area (Å²) in [7, 11) is 0. The SMILES string of the molecule is C[C@H](NC(=O)[C@H](C)NC(=O)[C@H](C)NC(=O)CCCCCNC(=O)CCOCCOCCOCCOCCOCCOCCOCCOCCNC(=O)CCCCNC=NC(=O)OC(C)(C)C)C(=O)O. The van der Waals surface area contributed by atoms with Crippen molar-refractivity contribution in [3.63, 3.8) is 0 Å². The highest BCUT2D eigenvalue weighted by Crippen LogP contribution is 2.07. The molecule has 0 aromatic heterocycles. The maximum Gasteiger partial charge on any atom is 0.435 e. The average molecular weight is 994 g/mol. The summed E-state index contributed by atoms with van der Waals surface area (Å²) in [5.74, 6) is -2.93. The number of aliphatic imine (C=N–C) groups is 1. The first kappa shape index (κ1) is 64.4. The lowest BCUT2D eigenvalue weighted by Gasteiger charge is -2.19. The third kappa shape index (κ3) is 44.4. The maximum absolute atomic E-state index is 12.3. The predicted octanol–water partition coefficient (Wildman–Crippen LogP) is 0.624. The van der Waals surface area contributed by atoms with E-state index in [1.807, 2.05) is 0 Å². The minimum Gasteiger partial charge on any atom is -0.480 e. The van der Waals surface area contributed by atoms with Crippen molar-refractivity contribution in [2.45, 2.75) is 117 Å². The number of hydrogen-bond donors (Lipinski definition) is 7. The molecule has 24 nitrogen and oxygen atoms in total. The number of hydrogen-bond acceptors (Lipinski definition) is 16.